The monoisotopic (exact) mass is 275 g/mol. The van der Waals surface area contributed by atoms with E-state index in [0.29, 0.717) is 5.41 Å². The predicted molar refractivity (Wildman–Crippen MR) is 66.3 cm³/mol. The first-order valence-corrected chi connectivity index (χ1v) is 7.18. The molecule has 0 amide bonds. The lowest BCUT2D eigenvalue weighted by molar-refractivity contribution is 0.0162. The average Bonchev–Trinajstić information content (AvgIpc) is 2.09. The second-order valence-electron chi connectivity index (χ2n) is 5.68. The van der Waals surface area contributed by atoms with Crippen molar-refractivity contribution in [3.05, 3.63) is 0 Å². The van der Waals surface area contributed by atoms with Gasteiger partial charge in [-0.3, -0.25) is 0 Å². The molecule has 0 saturated heterocycles. The summed E-state index contributed by atoms with van der Waals surface area (Å²) >= 11 is 3.65. The Morgan fingerprint density at radius 1 is 1.40 bits per heavy atom. The quantitative estimate of drug-likeness (QED) is 0.779. The van der Waals surface area contributed by atoms with E-state index >= 15 is 0 Å². The SMILES string of the molecule is CN(CC1CC(O)C1)CC1(CBr)CCC1. The van der Waals surface area contributed by atoms with Gasteiger partial charge >= 0.3 is 0 Å². The average molecular weight is 276 g/mol. The molecule has 0 aromatic carbocycles. The van der Waals surface area contributed by atoms with E-state index in [-0.39, 0.29) is 6.10 Å². The summed E-state index contributed by atoms with van der Waals surface area (Å²) < 4.78 is 0. The summed E-state index contributed by atoms with van der Waals surface area (Å²) in [5.41, 5.74) is 0.567. The van der Waals surface area contributed by atoms with Crippen LogP contribution in [0.2, 0.25) is 0 Å². The third-order valence-electron chi connectivity index (χ3n) is 4.08. The molecule has 3 heteroatoms. The number of alkyl halides is 1. The minimum absolute atomic E-state index is 0.00256. The third-order valence-corrected chi connectivity index (χ3v) is 5.27. The van der Waals surface area contributed by atoms with E-state index in [4.69, 9.17) is 0 Å². The van der Waals surface area contributed by atoms with Gasteiger partial charge in [-0.05, 0) is 44.1 Å². The summed E-state index contributed by atoms with van der Waals surface area (Å²) in [4.78, 5) is 2.47. The molecular formula is C12H22BrNO. The molecule has 0 radical (unpaired) electrons. The van der Waals surface area contributed by atoms with Crippen LogP contribution in [0.3, 0.4) is 0 Å². The van der Waals surface area contributed by atoms with E-state index in [1.54, 1.807) is 0 Å². The first-order valence-electron chi connectivity index (χ1n) is 6.06. The molecule has 1 N–H and O–H groups in total. The fourth-order valence-corrected chi connectivity index (χ4v) is 3.68. The summed E-state index contributed by atoms with van der Waals surface area (Å²) in [6, 6.07) is 0. The van der Waals surface area contributed by atoms with Gasteiger partial charge in [-0.15, -0.1) is 0 Å². The molecule has 2 aliphatic carbocycles. The van der Waals surface area contributed by atoms with Gasteiger partial charge in [0, 0.05) is 18.4 Å². The van der Waals surface area contributed by atoms with Crippen molar-refractivity contribution in [3.63, 3.8) is 0 Å². The minimum atomic E-state index is -0.00256. The van der Waals surface area contributed by atoms with Gasteiger partial charge in [0.05, 0.1) is 6.10 Å². The minimum Gasteiger partial charge on any atom is -0.393 e. The molecule has 0 atom stereocenters. The zero-order chi connectivity index (χ0) is 10.9. The van der Waals surface area contributed by atoms with Gasteiger partial charge in [0.1, 0.15) is 0 Å². The number of nitrogens with zero attached hydrogens (tertiary/aromatic N) is 1. The second-order valence-corrected chi connectivity index (χ2v) is 6.24. The molecule has 0 aliphatic heterocycles. The van der Waals surface area contributed by atoms with Crippen molar-refractivity contribution < 1.29 is 5.11 Å². The van der Waals surface area contributed by atoms with E-state index in [1.807, 2.05) is 0 Å². The molecular weight excluding hydrogens is 254 g/mol. The Hall–Kier alpha value is 0.400. The number of rotatable bonds is 5. The second kappa shape index (κ2) is 4.72. The molecule has 0 aromatic rings. The lowest BCUT2D eigenvalue weighted by Crippen LogP contribution is -2.45. The molecule has 15 heavy (non-hydrogen) atoms. The first kappa shape index (κ1) is 11.9. The highest BCUT2D eigenvalue weighted by atomic mass is 79.9. The highest BCUT2D eigenvalue weighted by Crippen LogP contribution is 2.43. The Labute approximate surface area is 101 Å². The van der Waals surface area contributed by atoms with Crippen LogP contribution in [0.1, 0.15) is 32.1 Å². The largest absolute Gasteiger partial charge is 0.393 e. The molecule has 0 heterocycles. The highest BCUT2D eigenvalue weighted by Gasteiger charge is 2.37. The zero-order valence-electron chi connectivity index (χ0n) is 9.58. The number of hydrogen-bond donors (Lipinski definition) is 1. The van der Waals surface area contributed by atoms with E-state index in [1.165, 1.54) is 32.4 Å². The summed E-state index contributed by atoms with van der Waals surface area (Å²) in [6.07, 6.45) is 6.21. The Balaban J connectivity index is 1.69. The van der Waals surface area contributed by atoms with Crippen LogP contribution in [0.4, 0.5) is 0 Å². The highest BCUT2D eigenvalue weighted by molar-refractivity contribution is 9.09. The Morgan fingerprint density at radius 2 is 2.07 bits per heavy atom. The third kappa shape index (κ3) is 2.75. The van der Waals surface area contributed by atoms with Gasteiger partial charge in [0.25, 0.3) is 0 Å². The maximum atomic E-state index is 9.24. The molecule has 0 spiro atoms. The van der Waals surface area contributed by atoms with Crippen LogP contribution in [-0.2, 0) is 0 Å². The Bertz CT molecular complexity index is 206. The van der Waals surface area contributed by atoms with E-state index in [9.17, 15) is 5.11 Å². The van der Waals surface area contributed by atoms with E-state index in [0.717, 1.165) is 24.1 Å². The molecule has 0 unspecified atom stereocenters. The van der Waals surface area contributed by atoms with Crippen molar-refractivity contribution in [1.29, 1.82) is 0 Å². The molecule has 2 saturated carbocycles. The van der Waals surface area contributed by atoms with Gasteiger partial charge in [-0.1, -0.05) is 22.4 Å². The van der Waals surface area contributed by atoms with E-state index in [2.05, 4.69) is 27.9 Å². The Kier molecular flexibility index (Phi) is 3.74. The molecule has 0 aromatic heterocycles. The molecule has 88 valence electrons. The van der Waals surface area contributed by atoms with Crippen LogP contribution in [0, 0.1) is 11.3 Å². The van der Waals surface area contributed by atoms with Crippen LogP contribution >= 0.6 is 15.9 Å². The van der Waals surface area contributed by atoms with Gasteiger partial charge < -0.3 is 10.0 Å². The molecule has 2 aliphatic rings. The van der Waals surface area contributed by atoms with Crippen molar-refractivity contribution in [1.82, 2.24) is 4.90 Å². The van der Waals surface area contributed by atoms with Crippen molar-refractivity contribution in [3.8, 4) is 0 Å². The number of aliphatic hydroxyl groups is 1. The fraction of sp³-hybridized carbons (Fsp3) is 1.00. The summed E-state index contributed by atoms with van der Waals surface area (Å²) in [6.45, 7) is 2.40. The first-order chi connectivity index (χ1) is 7.13. The van der Waals surface area contributed by atoms with Gasteiger partial charge in [0.15, 0.2) is 0 Å². The summed E-state index contributed by atoms with van der Waals surface area (Å²) in [7, 11) is 2.23. The van der Waals surface area contributed by atoms with Gasteiger partial charge in [-0.2, -0.15) is 0 Å². The number of aliphatic hydroxyl groups excluding tert-OH is 1. The Morgan fingerprint density at radius 3 is 2.47 bits per heavy atom. The maximum absolute atomic E-state index is 9.24. The lowest BCUT2D eigenvalue weighted by Gasteiger charge is -2.44. The van der Waals surface area contributed by atoms with Crippen LogP contribution < -0.4 is 0 Å². The topological polar surface area (TPSA) is 23.5 Å². The van der Waals surface area contributed by atoms with Crippen molar-refractivity contribution in [2.75, 3.05) is 25.5 Å². The van der Waals surface area contributed by atoms with Crippen LogP contribution in [0.25, 0.3) is 0 Å². The van der Waals surface area contributed by atoms with Crippen LogP contribution in [0.5, 0.6) is 0 Å². The van der Waals surface area contributed by atoms with Gasteiger partial charge in [0.2, 0.25) is 0 Å². The summed E-state index contributed by atoms with van der Waals surface area (Å²) in [5.74, 6) is 0.748. The lowest BCUT2D eigenvalue weighted by atomic mass is 9.70. The summed E-state index contributed by atoms with van der Waals surface area (Å²) in [5, 5.41) is 10.4. The molecule has 0 bridgehead atoms. The standard InChI is InChI=1S/C12H22BrNO/c1-14(7-10-5-11(15)6-10)9-12(8-13)3-2-4-12/h10-11,15H,2-9H2,1H3. The van der Waals surface area contributed by atoms with Crippen molar-refractivity contribution in [2.45, 2.75) is 38.2 Å². The zero-order valence-corrected chi connectivity index (χ0v) is 11.2. The smallest absolute Gasteiger partial charge is 0.0546 e. The normalized spacial score (nSPS) is 33.6. The van der Waals surface area contributed by atoms with Gasteiger partial charge in [-0.25, -0.2) is 0 Å². The van der Waals surface area contributed by atoms with Crippen molar-refractivity contribution in [2.24, 2.45) is 11.3 Å². The maximum Gasteiger partial charge on any atom is 0.0546 e. The fourth-order valence-electron chi connectivity index (χ4n) is 2.94. The van der Waals surface area contributed by atoms with Crippen LogP contribution in [-0.4, -0.2) is 41.6 Å². The number of hydrogen-bond acceptors (Lipinski definition) is 2. The van der Waals surface area contributed by atoms with Crippen LogP contribution in [0.15, 0.2) is 0 Å². The number of halogens is 1. The van der Waals surface area contributed by atoms with E-state index < -0.39 is 0 Å². The van der Waals surface area contributed by atoms with Crippen molar-refractivity contribution >= 4 is 15.9 Å². The molecule has 2 fully saturated rings. The predicted octanol–water partition coefficient (Wildman–Crippen LogP) is 2.25. The molecule has 2 nitrogen and oxygen atoms in total. The molecule has 2 rings (SSSR count).